The van der Waals surface area contributed by atoms with Crippen LogP contribution in [-0.2, 0) is 19.4 Å². The fourth-order valence-corrected chi connectivity index (χ4v) is 1.97. The van der Waals surface area contributed by atoms with Crippen molar-refractivity contribution in [2.24, 2.45) is 0 Å². The number of nitrogens with zero attached hydrogens (tertiary/aromatic N) is 2. The van der Waals surface area contributed by atoms with E-state index in [4.69, 9.17) is 5.11 Å². The third kappa shape index (κ3) is 1.35. The fraction of sp³-hybridized carbons (Fsp3) is 0.600. The molecule has 1 aromatic rings. The van der Waals surface area contributed by atoms with Gasteiger partial charge in [-0.3, -0.25) is 9.36 Å². The number of aromatic nitrogens is 2. The zero-order valence-corrected chi connectivity index (χ0v) is 8.29. The summed E-state index contributed by atoms with van der Waals surface area (Å²) in [5.74, 6) is 0.897. The van der Waals surface area contributed by atoms with Gasteiger partial charge in [-0.1, -0.05) is 0 Å². The van der Waals surface area contributed by atoms with E-state index in [1.165, 1.54) is 0 Å². The normalized spacial score (nSPS) is 14.4. The molecule has 0 spiro atoms. The minimum absolute atomic E-state index is 0.0110. The van der Waals surface area contributed by atoms with Gasteiger partial charge in [0.15, 0.2) is 0 Å². The zero-order chi connectivity index (χ0) is 10.1. The van der Waals surface area contributed by atoms with Gasteiger partial charge in [-0.15, -0.1) is 0 Å². The molecular weight excluding hydrogens is 180 g/mol. The summed E-state index contributed by atoms with van der Waals surface area (Å²) in [6.07, 6.45) is 2.32. The van der Waals surface area contributed by atoms with Crippen molar-refractivity contribution in [3.63, 3.8) is 0 Å². The predicted octanol–water partition coefficient (Wildman–Crippen LogP) is 0.0327. The van der Waals surface area contributed by atoms with Crippen molar-refractivity contribution < 1.29 is 5.11 Å². The summed E-state index contributed by atoms with van der Waals surface area (Å²) in [7, 11) is 0. The smallest absolute Gasteiger partial charge is 0.257 e. The highest BCUT2D eigenvalue weighted by Gasteiger charge is 2.17. The highest BCUT2D eigenvalue weighted by atomic mass is 16.3. The molecule has 14 heavy (non-hydrogen) atoms. The third-order valence-electron chi connectivity index (χ3n) is 2.69. The van der Waals surface area contributed by atoms with Gasteiger partial charge < -0.3 is 5.11 Å². The first-order chi connectivity index (χ1) is 6.74. The first-order valence-electron chi connectivity index (χ1n) is 4.94. The van der Waals surface area contributed by atoms with Crippen LogP contribution in [0.15, 0.2) is 4.79 Å². The second-order valence-corrected chi connectivity index (χ2v) is 3.63. The van der Waals surface area contributed by atoms with E-state index in [1.807, 2.05) is 6.92 Å². The Kier molecular flexibility index (Phi) is 2.37. The predicted molar refractivity (Wildman–Crippen MR) is 52.3 cm³/mol. The molecule has 0 aliphatic carbocycles. The minimum Gasteiger partial charge on any atom is -0.396 e. The lowest BCUT2D eigenvalue weighted by Crippen LogP contribution is -2.26. The Morgan fingerprint density at radius 1 is 1.57 bits per heavy atom. The summed E-state index contributed by atoms with van der Waals surface area (Å²) in [5.41, 5.74) is 1.48. The number of hydrogen-bond donors (Lipinski definition) is 1. The quantitative estimate of drug-likeness (QED) is 0.722. The zero-order valence-electron chi connectivity index (χ0n) is 8.29. The molecular formula is C10H14N2O2. The third-order valence-corrected chi connectivity index (χ3v) is 2.69. The van der Waals surface area contributed by atoms with Gasteiger partial charge in [0.05, 0.1) is 0 Å². The lowest BCUT2D eigenvalue weighted by atomic mass is 10.2. The van der Waals surface area contributed by atoms with E-state index in [1.54, 1.807) is 4.57 Å². The molecule has 0 saturated carbocycles. The van der Waals surface area contributed by atoms with Crippen LogP contribution in [0.2, 0.25) is 0 Å². The van der Waals surface area contributed by atoms with Crippen LogP contribution >= 0.6 is 0 Å². The molecule has 0 unspecified atom stereocenters. The molecule has 2 heterocycles. The molecule has 0 bridgehead atoms. The van der Waals surface area contributed by atoms with E-state index < -0.39 is 0 Å². The number of fused-ring (bicyclic) bond motifs is 1. The molecule has 1 aliphatic rings. The summed E-state index contributed by atoms with van der Waals surface area (Å²) < 4.78 is 1.73. The molecule has 0 amide bonds. The van der Waals surface area contributed by atoms with Gasteiger partial charge in [0, 0.05) is 37.3 Å². The Labute approximate surface area is 82.2 Å². The molecule has 0 radical (unpaired) electrons. The summed E-state index contributed by atoms with van der Waals surface area (Å²) in [4.78, 5) is 16.3. The van der Waals surface area contributed by atoms with Crippen molar-refractivity contribution in [2.75, 3.05) is 6.61 Å². The highest BCUT2D eigenvalue weighted by molar-refractivity contribution is 5.19. The average molecular weight is 194 g/mol. The Balaban J connectivity index is 2.57. The van der Waals surface area contributed by atoms with E-state index in [0.29, 0.717) is 12.0 Å². The molecule has 0 atom stereocenters. The maximum atomic E-state index is 11.9. The fourth-order valence-electron chi connectivity index (χ4n) is 1.97. The minimum atomic E-state index is 0.0110. The molecule has 0 fully saturated rings. The van der Waals surface area contributed by atoms with Crippen LogP contribution < -0.4 is 5.56 Å². The van der Waals surface area contributed by atoms with Gasteiger partial charge in [0.2, 0.25) is 0 Å². The van der Waals surface area contributed by atoms with Crippen LogP contribution in [0.1, 0.15) is 23.5 Å². The standard InChI is InChI=1S/C10H14N2O2/c1-7-8(4-6-13)10(14)12-5-2-3-9(12)11-7/h13H,2-6H2,1H3. The first-order valence-corrected chi connectivity index (χ1v) is 4.94. The van der Waals surface area contributed by atoms with E-state index in [0.717, 1.165) is 30.9 Å². The lowest BCUT2D eigenvalue weighted by Gasteiger charge is -2.07. The van der Waals surface area contributed by atoms with Gasteiger partial charge >= 0.3 is 0 Å². The number of aliphatic hydroxyl groups is 1. The van der Waals surface area contributed by atoms with Crippen LogP contribution in [0.3, 0.4) is 0 Å². The summed E-state index contributed by atoms with van der Waals surface area (Å²) in [6, 6.07) is 0. The van der Waals surface area contributed by atoms with Crippen molar-refractivity contribution in [1.82, 2.24) is 9.55 Å². The monoisotopic (exact) mass is 194 g/mol. The van der Waals surface area contributed by atoms with E-state index in [2.05, 4.69) is 4.98 Å². The maximum Gasteiger partial charge on any atom is 0.257 e. The lowest BCUT2D eigenvalue weighted by molar-refractivity contribution is 0.298. The van der Waals surface area contributed by atoms with Crippen molar-refractivity contribution in [2.45, 2.75) is 32.7 Å². The van der Waals surface area contributed by atoms with Gasteiger partial charge in [-0.2, -0.15) is 0 Å². The Morgan fingerprint density at radius 2 is 2.36 bits per heavy atom. The summed E-state index contributed by atoms with van der Waals surface area (Å²) in [5, 5.41) is 8.84. The number of rotatable bonds is 2. The SMILES string of the molecule is Cc1nc2n(c(=O)c1CCO)CCC2. The Hall–Kier alpha value is -1.16. The average Bonchev–Trinajstić information content (AvgIpc) is 2.60. The molecule has 1 N–H and O–H groups in total. The molecule has 2 rings (SSSR count). The maximum absolute atomic E-state index is 11.9. The van der Waals surface area contributed by atoms with Crippen LogP contribution in [0.4, 0.5) is 0 Å². The highest BCUT2D eigenvalue weighted by Crippen LogP contribution is 2.11. The molecule has 0 aromatic carbocycles. The number of aliphatic hydroxyl groups excluding tert-OH is 1. The molecule has 1 aromatic heterocycles. The van der Waals surface area contributed by atoms with E-state index in [9.17, 15) is 4.79 Å². The van der Waals surface area contributed by atoms with Gasteiger partial charge in [-0.05, 0) is 13.3 Å². The topological polar surface area (TPSA) is 55.1 Å². The largest absolute Gasteiger partial charge is 0.396 e. The van der Waals surface area contributed by atoms with Crippen LogP contribution in [0, 0.1) is 6.92 Å². The van der Waals surface area contributed by atoms with Crippen LogP contribution in [-0.4, -0.2) is 21.3 Å². The van der Waals surface area contributed by atoms with Gasteiger partial charge in [-0.25, -0.2) is 4.98 Å². The van der Waals surface area contributed by atoms with Crippen LogP contribution in [0.5, 0.6) is 0 Å². The Bertz CT molecular complexity index is 409. The molecule has 4 nitrogen and oxygen atoms in total. The molecule has 4 heteroatoms. The molecule has 1 aliphatic heterocycles. The Morgan fingerprint density at radius 3 is 3.07 bits per heavy atom. The second kappa shape index (κ2) is 3.53. The summed E-state index contributed by atoms with van der Waals surface area (Å²) >= 11 is 0. The number of aryl methyl sites for hydroxylation is 2. The van der Waals surface area contributed by atoms with Crippen LogP contribution in [0.25, 0.3) is 0 Å². The van der Waals surface area contributed by atoms with Crippen molar-refractivity contribution >= 4 is 0 Å². The van der Waals surface area contributed by atoms with E-state index >= 15 is 0 Å². The van der Waals surface area contributed by atoms with E-state index in [-0.39, 0.29) is 12.2 Å². The second-order valence-electron chi connectivity index (χ2n) is 3.63. The van der Waals surface area contributed by atoms with Crippen molar-refractivity contribution in [3.8, 4) is 0 Å². The van der Waals surface area contributed by atoms with Crippen molar-refractivity contribution in [3.05, 3.63) is 27.4 Å². The first kappa shape index (κ1) is 9.40. The van der Waals surface area contributed by atoms with Gasteiger partial charge in [0.25, 0.3) is 5.56 Å². The molecule has 0 saturated heterocycles. The van der Waals surface area contributed by atoms with Gasteiger partial charge in [0.1, 0.15) is 5.82 Å². The molecule has 76 valence electrons. The van der Waals surface area contributed by atoms with Crippen molar-refractivity contribution in [1.29, 1.82) is 0 Å². The summed E-state index contributed by atoms with van der Waals surface area (Å²) in [6.45, 7) is 2.63. The number of hydrogen-bond acceptors (Lipinski definition) is 3.